The molecule has 0 amide bonds. The van der Waals surface area contributed by atoms with Crippen molar-refractivity contribution in [2.45, 2.75) is 13.8 Å². The summed E-state index contributed by atoms with van der Waals surface area (Å²) in [7, 11) is 0. The summed E-state index contributed by atoms with van der Waals surface area (Å²) < 4.78 is 0. The van der Waals surface area contributed by atoms with Crippen molar-refractivity contribution in [1.82, 2.24) is 15.0 Å². The molecular formula is C47H35N3. The summed E-state index contributed by atoms with van der Waals surface area (Å²) in [5.41, 5.74) is 15.4. The highest BCUT2D eigenvalue weighted by molar-refractivity contribution is 5.86. The molecule has 1 heterocycles. The summed E-state index contributed by atoms with van der Waals surface area (Å²) in [5.74, 6) is 1.94. The maximum atomic E-state index is 5.05. The van der Waals surface area contributed by atoms with Gasteiger partial charge in [-0.15, -0.1) is 0 Å². The molecule has 0 spiro atoms. The Kier molecular flexibility index (Phi) is 8.16. The first-order chi connectivity index (χ1) is 24.3. The molecule has 0 radical (unpaired) electrons. The van der Waals surface area contributed by atoms with Crippen molar-refractivity contribution in [3.63, 3.8) is 0 Å². The van der Waals surface area contributed by atoms with Crippen LogP contribution in [0.25, 0.3) is 78.7 Å². The van der Waals surface area contributed by atoms with Gasteiger partial charge < -0.3 is 0 Å². The zero-order valence-corrected chi connectivity index (χ0v) is 26.8. The lowest BCUT2D eigenvalue weighted by Gasteiger charge is -2.13. The molecule has 0 saturated heterocycles. The highest BCUT2D eigenvalue weighted by atomic mass is 15.0. The Balaban J connectivity index is 0.00000361. The van der Waals surface area contributed by atoms with E-state index in [1.54, 1.807) is 0 Å². The molecule has 238 valence electrons. The van der Waals surface area contributed by atoms with Crippen molar-refractivity contribution < 1.29 is 0 Å². The maximum Gasteiger partial charge on any atom is 0.164 e. The Morgan fingerprint density at radius 3 is 1.32 bits per heavy atom. The lowest BCUT2D eigenvalue weighted by Crippen LogP contribution is -2.00. The van der Waals surface area contributed by atoms with Crippen molar-refractivity contribution in [3.05, 3.63) is 187 Å². The monoisotopic (exact) mass is 641 g/mol. The van der Waals surface area contributed by atoms with E-state index in [9.17, 15) is 0 Å². The Morgan fingerprint density at radius 1 is 0.300 bits per heavy atom. The van der Waals surface area contributed by atoms with Crippen LogP contribution in [-0.2, 0) is 6.42 Å². The average molecular weight is 642 g/mol. The quantitative estimate of drug-likeness (QED) is 0.181. The standard InChI is InChI=1S/C46H31N3.CH4/c1-4-13-31(14-5-1)37-27-38(32-23-25-33(26-24-32)40-21-12-22-42-41-20-11-10-19-36(41)30-43(40)42)29-39(28-37)46-48-44(34-15-6-2-7-16-34)47-45(49-46)35-17-8-3-9-18-35;/h1-29H,30H2;1H4. The van der Waals surface area contributed by atoms with E-state index >= 15 is 0 Å². The molecule has 1 aromatic heterocycles. The fraction of sp³-hybridized carbons (Fsp3) is 0.0426. The first-order valence-corrected chi connectivity index (χ1v) is 16.7. The minimum absolute atomic E-state index is 0. The second-order valence-electron chi connectivity index (χ2n) is 12.4. The molecule has 0 saturated carbocycles. The summed E-state index contributed by atoms with van der Waals surface area (Å²) in [6.07, 6.45) is 0.966. The van der Waals surface area contributed by atoms with Gasteiger partial charge >= 0.3 is 0 Å². The van der Waals surface area contributed by atoms with E-state index in [2.05, 4.69) is 115 Å². The molecule has 3 heteroatoms. The highest BCUT2D eigenvalue weighted by Gasteiger charge is 2.21. The van der Waals surface area contributed by atoms with Crippen molar-refractivity contribution in [1.29, 1.82) is 0 Å². The smallest absolute Gasteiger partial charge is 0.164 e. The van der Waals surface area contributed by atoms with Gasteiger partial charge in [0.1, 0.15) is 0 Å². The fourth-order valence-electron chi connectivity index (χ4n) is 6.93. The van der Waals surface area contributed by atoms with Crippen molar-refractivity contribution in [3.8, 4) is 78.7 Å². The molecule has 7 aromatic carbocycles. The van der Waals surface area contributed by atoms with E-state index in [-0.39, 0.29) is 7.43 Å². The third kappa shape index (κ3) is 5.80. The lowest BCUT2D eigenvalue weighted by molar-refractivity contribution is 1.07. The zero-order chi connectivity index (χ0) is 32.6. The van der Waals surface area contributed by atoms with Gasteiger partial charge in [0.05, 0.1) is 0 Å². The van der Waals surface area contributed by atoms with Gasteiger partial charge in [-0.1, -0.05) is 165 Å². The molecule has 0 N–H and O–H groups in total. The van der Waals surface area contributed by atoms with Crippen LogP contribution in [-0.4, -0.2) is 15.0 Å². The summed E-state index contributed by atoms with van der Waals surface area (Å²) in [6.45, 7) is 0. The molecule has 50 heavy (non-hydrogen) atoms. The van der Waals surface area contributed by atoms with Gasteiger partial charge in [-0.3, -0.25) is 0 Å². The van der Waals surface area contributed by atoms with Crippen LogP contribution < -0.4 is 0 Å². The van der Waals surface area contributed by atoms with Crippen LogP contribution in [0, 0.1) is 0 Å². The molecule has 0 bridgehead atoms. The van der Waals surface area contributed by atoms with Gasteiger partial charge in [0, 0.05) is 16.7 Å². The molecular weight excluding hydrogens is 607 g/mol. The predicted octanol–water partition coefficient (Wildman–Crippen LogP) is 12.1. The third-order valence-corrected chi connectivity index (χ3v) is 9.38. The molecule has 0 aliphatic heterocycles. The van der Waals surface area contributed by atoms with E-state index in [4.69, 9.17) is 15.0 Å². The van der Waals surface area contributed by atoms with Crippen LogP contribution in [0.15, 0.2) is 176 Å². The predicted molar refractivity (Wildman–Crippen MR) is 207 cm³/mol. The van der Waals surface area contributed by atoms with Crippen molar-refractivity contribution in [2.24, 2.45) is 0 Å². The van der Waals surface area contributed by atoms with Gasteiger partial charge in [0.2, 0.25) is 0 Å². The van der Waals surface area contributed by atoms with Gasteiger partial charge in [-0.2, -0.15) is 0 Å². The zero-order valence-electron chi connectivity index (χ0n) is 26.8. The molecule has 0 unspecified atom stereocenters. The summed E-state index contributed by atoms with van der Waals surface area (Å²) in [5, 5.41) is 0. The highest BCUT2D eigenvalue weighted by Crippen LogP contribution is 2.42. The second kappa shape index (κ2) is 13.2. The number of benzene rings is 7. The van der Waals surface area contributed by atoms with Crippen LogP contribution in [0.2, 0.25) is 0 Å². The minimum atomic E-state index is 0. The van der Waals surface area contributed by atoms with E-state index < -0.39 is 0 Å². The van der Waals surface area contributed by atoms with E-state index in [0.717, 1.165) is 45.4 Å². The third-order valence-electron chi connectivity index (χ3n) is 9.38. The SMILES string of the molecule is C.c1ccc(-c2cc(-c3ccc(-c4cccc5c4Cc4ccccc4-5)cc3)cc(-c3nc(-c4ccccc4)nc(-c4ccccc4)n3)c2)cc1. The Bertz CT molecular complexity index is 2380. The first-order valence-electron chi connectivity index (χ1n) is 16.7. The van der Waals surface area contributed by atoms with Crippen molar-refractivity contribution in [2.75, 3.05) is 0 Å². The average Bonchev–Trinajstić information content (AvgIpc) is 3.58. The summed E-state index contributed by atoms with van der Waals surface area (Å²) >= 11 is 0. The summed E-state index contributed by atoms with van der Waals surface area (Å²) in [6, 6.07) is 61.9. The number of hydrogen-bond acceptors (Lipinski definition) is 3. The number of nitrogens with zero attached hydrogens (tertiary/aromatic N) is 3. The van der Waals surface area contributed by atoms with Crippen LogP contribution in [0.3, 0.4) is 0 Å². The Morgan fingerprint density at radius 2 is 0.720 bits per heavy atom. The molecule has 0 atom stereocenters. The van der Waals surface area contributed by atoms with Gasteiger partial charge in [0.15, 0.2) is 17.5 Å². The van der Waals surface area contributed by atoms with Gasteiger partial charge in [-0.25, -0.2) is 15.0 Å². The molecule has 3 nitrogen and oxygen atoms in total. The Hall–Kier alpha value is -6.45. The molecule has 8 aromatic rings. The molecule has 0 fully saturated rings. The largest absolute Gasteiger partial charge is 0.208 e. The first kappa shape index (κ1) is 30.9. The van der Waals surface area contributed by atoms with Crippen molar-refractivity contribution >= 4 is 0 Å². The summed E-state index contributed by atoms with van der Waals surface area (Å²) in [4.78, 5) is 15.0. The van der Waals surface area contributed by atoms with E-state index in [1.165, 1.54) is 33.4 Å². The number of aromatic nitrogens is 3. The second-order valence-corrected chi connectivity index (χ2v) is 12.4. The lowest BCUT2D eigenvalue weighted by atomic mass is 9.92. The van der Waals surface area contributed by atoms with Crippen LogP contribution in [0.1, 0.15) is 18.6 Å². The van der Waals surface area contributed by atoms with Gasteiger partial charge in [-0.05, 0) is 80.3 Å². The fourth-order valence-corrected chi connectivity index (χ4v) is 6.93. The van der Waals surface area contributed by atoms with E-state index in [0.29, 0.717) is 17.5 Å². The number of hydrogen-bond donors (Lipinski definition) is 0. The minimum Gasteiger partial charge on any atom is -0.208 e. The maximum absolute atomic E-state index is 5.05. The van der Waals surface area contributed by atoms with Crippen LogP contribution in [0.4, 0.5) is 0 Å². The van der Waals surface area contributed by atoms with E-state index in [1.807, 2.05) is 60.7 Å². The Labute approximate surface area is 293 Å². The number of fused-ring (bicyclic) bond motifs is 3. The van der Waals surface area contributed by atoms with Crippen LogP contribution >= 0.6 is 0 Å². The molecule has 1 aliphatic rings. The topological polar surface area (TPSA) is 38.7 Å². The van der Waals surface area contributed by atoms with Crippen LogP contribution in [0.5, 0.6) is 0 Å². The number of rotatable bonds is 6. The molecule has 9 rings (SSSR count). The normalized spacial score (nSPS) is 11.4. The molecule has 1 aliphatic carbocycles. The van der Waals surface area contributed by atoms with Gasteiger partial charge in [0.25, 0.3) is 0 Å².